The molecule has 0 aliphatic carbocycles. The summed E-state index contributed by atoms with van der Waals surface area (Å²) in [6.07, 6.45) is 4.04. The van der Waals surface area contributed by atoms with E-state index in [1.165, 1.54) is 25.8 Å². The van der Waals surface area contributed by atoms with Gasteiger partial charge < -0.3 is 20.3 Å². The molecule has 3 fully saturated rings. The Balaban J connectivity index is 1.42. The Labute approximate surface area is 143 Å². The molecule has 7 heteroatoms. The Kier molecular flexibility index (Phi) is 4.45. The Morgan fingerprint density at radius 3 is 2.46 bits per heavy atom. The van der Waals surface area contributed by atoms with Gasteiger partial charge >= 0.3 is 0 Å². The molecule has 3 aliphatic heterocycles. The second-order valence-electron chi connectivity index (χ2n) is 7.18. The lowest BCUT2D eigenvalue weighted by Gasteiger charge is -2.49. The van der Waals surface area contributed by atoms with Gasteiger partial charge in [-0.1, -0.05) is 6.42 Å². The van der Waals surface area contributed by atoms with Crippen LogP contribution in [0.15, 0.2) is 6.07 Å². The van der Waals surface area contributed by atoms with Crippen molar-refractivity contribution in [2.24, 2.45) is 0 Å². The van der Waals surface area contributed by atoms with Gasteiger partial charge in [0.25, 0.3) is 0 Å². The molecule has 24 heavy (non-hydrogen) atoms. The van der Waals surface area contributed by atoms with Crippen LogP contribution < -0.4 is 15.5 Å². The highest BCUT2D eigenvalue weighted by Crippen LogP contribution is 2.29. The van der Waals surface area contributed by atoms with Gasteiger partial charge in [-0.2, -0.15) is 9.97 Å². The molecule has 2 N–H and O–H groups in total. The first-order valence-electron chi connectivity index (χ1n) is 9.18. The smallest absolute Gasteiger partial charge is 0.223 e. The van der Waals surface area contributed by atoms with E-state index < -0.39 is 0 Å². The molecule has 3 aliphatic rings. The number of ether oxygens (including phenoxy) is 1. The molecule has 3 saturated heterocycles. The second-order valence-corrected chi connectivity index (χ2v) is 7.18. The van der Waals surface area contributed by atoms with E-state index >= 15 is 0 Å². The molecular formula is C17H28N6O. The van der Waals surface area contributed by atoms with E-state index in [0.29, 0.717) is 18.0 Å². The van der Waals surface area contributed by atoms with Crippen molar-refractivity contribution in [3.8, 4) is 0 Å². The molecule has 1 aromatic rings. The zero-order chi connectivity index (χ0) is 16.5. The third-order valence-electron chi connectivity index (χ3n) is 5.56. The highest BCUT2D eigenvalue weighted by atomic mass is 16.5. The summed E-state index contributed by atoms with van der Waals surface area (Å²) in [6.45, 7) is 8.92. The predicted octanol–water partition coefficient (Wildman–Crippen LogP) is 0.958. The highest BCUT2D eigenvalue weighted by Gasteiger charge is 2.36. The number of anilines is 3. The molecule has 1 aromatic heterocycles. The number of nitrogen functional groups attached to an aromatic ring is 1. The van der Waals surface area contributed by atoms with E-state index in [1.54, 1.807) is 0 Å². The molecule has 0 radical (unpaired) electrons. The number of nitrogens with zero attached hydrogens (tertiary/aromatic N) is 5. The van der Waals surface area contributed by atoms with Gasteiger partial charge in [0.15, 0.2) is 0 Å². The zero-order valence-corrected chi connectivity index (χ0v) is 14.5. The minimum Gasteiger partial charge on any atom is -0.378 e. The summed E-state index contributed by atoms with van der Waals surface area (Å²) in [5.74, 6) is 2.25. The van der Waals surface area contributed by atoms with Crippen LogP contribution in [0.2, 0.25) is 0 Å². The van der Waals surface area contributed by atoms with Crippen LogP contribution in [0.4, 0.5) is 17.6 Å². The van der Waals surface area contributed by atoms with Crippen LogP contribution in [0.5, 0.6) is 0 Å². The minimum atomic E-state index is 0.365. The lowest BCUT2D eigenvalue weighted by molar-refractivity contribution is 0.0872. The summed E-state index contributed by atoms with van der Waals surface area (Å²) in [6, 6.07) is 3.45. The van der Waals surface area contributed by atoms with Crippen LogP contribution in [0.25, 0.3) is 0 Å². The van der Waals surface area contributed by atoms with Crippen molar-refractivity contribution in [3.63, 3.8) is 0 Å². The molecule has 0 unspecified atom stereocenters. The highest BCUT2D eigenvalue weighted by molar-refractivity contribution is 5.55. The third-order valence-corrected chi connectivity index (χ3v) is 5.56. The number of likely N-dealkylation sites (tertiary alicyclic amines) is 1. The molecule has 4 heterocycles. The number of hydrogen-bond donors (Lipinski definition) is 1. The van der Waals surface area contributed by atoms with Crippen molar-refractivity contribution in [1.82, 2.24) is 14.9 Å². The van der Waals surface area contributed by atoms with Gasteiger partial charge in [0, 0.05) is 44.3 Å². The van der Waals surface area contributed by atoms with E-state index in [9.17, 15) is 0 Å². The van der Waals surface area contributed by atoms with Gasteiger partial charge in [0.05, 0.1) is 13.2 Å². The fraction of sp³-hybridized carbons (Fsp3) is 0.765. The Morgan fingerprint density at radius 1 is 1.04 bits per heavy atom. The molecular weight excluding hydrogens is 304 g/mol. The molecule has 132 valence electrons. The Morgan fingerprint density at radius 2 is 1.75 bits per heavy atom. The maximum atomic E-state index is 5.96. The molecule has 0 aromatic carbocycles. The fourth-order valence-corrected chi connectivity index (χ4v) is 4.07. The average molecular weight is 332 g/mol. The summed E-state index contributed by atoms with van der Waals surface area (Å²) in [4.78, 5) is 16.1. The van der Waals surface area contributed by atoms with Crippen molar-refractivity contribution >= 4 is 17.6 Å². The van der Waals surface area contributed by atoms with Gasteiger partial charge in [-0.15, -0.1) is 0 Å². The average Bonchev–Trinajstić information content (AvgIpc) is 2.56. The van der Waals surface area contributed by atoms with Crippen LogP contribution in [-0.4, -0.2) is 72.9 Å². The number of nitrogens with two attached hydrogens (primary N) is 1. The van der Waals surface area contributed by atoms with Crippen molar-refractivity contribution in [2.45, 2.75) is 38.3 Å². The summed E-state index contributed by atoms with van der Waals surface area (Å²) >= 11 is 0. The maximum absolute atomic E-state index is 5.96. The van der Waals surface area contributed by atoms with Crippen LogP contribution in [-0.2, 0) is 4.74 Å². The van der Waals surface area contributed by atoms with E-state index in [0.717, 1.165) is 51.0 Å². The zero-order valence-electron chi connectivity index (χ0n) is 14.5. The van der Waals surface area contributed by atoms with Gasteiger partial charge in [-0.3, -0.25) is 4.90 Å². The topological polar surface area (TPSA) is 70.8 Å². The Hall–Kier alpha value is -1.60. The normalized spacial score (nSPS) is 26.5. The lowest BCUT2D eigenvalue weighted by Crippen LogP contribution is -2.62. The van der Waals surface area contributed by atoms with Crippen LogP contribution >= 0.6 is 0 Å². The van der Waals surface area contributed by atoms with Crippen LogP contribution in [0.3, 0.4) is 0 Å². The van der Waals surface area contributed by atoms with Gasteiger partial charge in [-0.05, 0) is 26.3 Å². The van der Waals surface area contributed by atoms with Crippen LogP contribution in [0, 0.1) is 0 Å². The molecule has 4 rings (SSSR count). The third kappa shape index (κ3) is 3.15. The first-order valence-corrected chi connectivity index (χ1v) is 9.18. The largest absolute Gasteiger partial charge is 0.378 e. The van der Waals surface area contributed by atoms with E-state index in [4.69, 9.17) is 10.5 Å². The first-order chi connectivity index (χ1) is 11.7. The van der Waals surface area contributed by atoms with E-state index in [1.807, 2.05) is 0 Å². The SMILES string of the molecule is C[C@H]1CCCCN1C1CN(c2cc(N3CCOCC3)nc(N)n2)C1. The standard InChI is InChI=1S/C17H28N6O/c1-13-4-2-3-5-23(13)14-11-22(12-14)16-10-15(19-17(18)20-16)21-6-8-24-9-7-21/h10,13-14H,2-9,11-12H2,1H3,(H2,18,19,20)/t13-/m0/s1. The first kappa shape index (κ1) is 15.9. The summed E-state index contributed by atoms with van der Waals surface area (Å²) in [5.41, 5.74) is 5.96. The van der Waals surface area contributed by atoms with Crippen LogP contribution in [0.1, 0.15) is 26.2 Å². The summed E-state index contributed by atoms with van der Waals surface area (Å²) in [7, 11) is 0. The molecule has 0 spiro atoms. The number of piperidine rings is 1. The van der Waals surface area contributed by atoms with Crippen molar-refractivity contribution in [3.05, 3.63) is 6.07 Å². The molecule has 0 bridgehead atoms. The number of rotatable bonds is 3. The summed E-state index contributed by atoms with van der Waals surface area (Å²) < 4.78 is 5.42. The van der Waals surface area contributed by atoms with Crippen molar-refractivity contribution < 1.29 is 4.74 Å². The second kappa shape index (κ2) is 6.72. The van der Waals surface area contributed by atoms with E-state index in [-0.39, 0.29) is 0 Å². The van der Waals surface area contributed by atoms with Crippen molar-refractivity contribution in [2.75, 3.05) is 61.5 Å². The fourth-order valence-electron chi connectivity index (χ4n) is 4.07. The number of hydrogen-bond acceptors (Lipinski definition) is 7. The monoisotopic (exact) mass is 332 g/mol. The van der Waals surface area contributed by atoms with Gasteiger partial charge in [0.1, 0.15) is 11.6 Å². The van der Waals surface area contributed by atoms with Gasteiger partial charge in [-0.25, -0.2) is 0 Å². The number of morpholine rings is 1. The quantitative estimate of drug-likeness (QED) is 0.884. The molecule has 1 atom stereocenters. The summed E-state index contributed by atoms with van der Waals surface area (Å²) in [5, 5.41) is 0. The molecule has 7 nitrogen and oxygen atoms in total. The maximum Gasteiger partial charge on any atom is 0.223 e. The lowest BCUT2D eigenvalue weighted by atomic mass is 9.97. The minimum absolute atomic E-state index is 0.365. The van der Waals surface area contributed by atoms with E-state index in [2.05, 4.69) is 37.7 Å². The predicted molar refractivity (Wildman–Crippen MR) is 95.5 cm³/mol. The molecule has 0 amide bonds. The van der Waals surface area contributed by atoms with Crippen molar-refractivity contribution in [1.29, 1.82) is 0 Å². The molecule has 0 saturated carbocycles. The Bertz CT molecular complexity index is 570. The van der Waals surface area contributed by atoms with Gasteiger partial charge in [0.2, 0.25) is 5.95 Å². The number of aromatic nitrogens is 2.